The zero-order valence-corrected chi connectivity index (χ0v) is 26.7. The Balaban J connectivity index is 1.30. The normalized spacial score (nSPS) is 11.7. The molecule has 1 aromatic heterocycles. The first kappa shape index (κ1) is 27.7. The molecule has 9 aromatic carbocycles. The van der Waals surface area contributed by atoms with Crippen LogP contribution in [0.2, 0.25) is 0 Å². The average molecular weight is 623 g/mol. The van der Waals surface area contributed by atoms with Crippen LogP contribution in [0.15, 0.2) is 186 Å². The van der Waals surface area contributed by atoms with Crippen LogP contribution in [0, 0.1) is 0 Å². The molecule has 49 heavy (non-hydrogen) atoms. The summed E-state index contributed by atoms with van der Waals surface area (Å²) in [5, 5.41) is 9.55. The van der Waals surface area contributed by atoms with E-state index in [4.69, 9.17) is 4.42 Å². The van der Waals surface area contributed by atoms with Gasteiger partial charge < -0.3 is 4.42 Å². The van der Waals surface area contributed by atoms with Crippen molar-refractivity contribution >= 4 is 54.3 Å². The van der Waals surface area contributed by atoms with Gasteiger partial charge in [-0.25, -0.2) is 0 Å². The van der Waals surface area contributed by atoms with Crippen molar-refractivity contribution < 1.29 is 4.42 Å². The molecule has 0 aliphatic rings. The molecule has 0 aliphatic carbocycles. The highest BCUT2D eigenvalue weighted by atomic mass is 16.3. The molecule has 0 saturated heterocycles. The van der Waals surface area contributed by atoms with Gasteiger partial charge in [-0.2, -0.15) is 0 Å². The Hall–Kier alpha value is -6.44. The minimum atomic E-state index is 0.901. The van der Waals surface area contributed by atoms with Crippen molar-refractivity contribution in [2.75, 3.05) is 0 Å². The molecule has 0 unspecified atom stereocenters. The van der Waals surface area contributed by atoms with E-state index in [0.717, 1.165) is 27.5 Å². The van der Waals surface area contributed by atoms with Crippen molar-refractivity contribution in [1.82, 2.24) is 0 Å². The molecule has 0 amide bonds. The molecule has 0 saturated carbocycles. The van der Waals surface area contributed by atoms with Gasteiger partial charge in [0.15, 0.2) is 0 Å². The van der Waals surface area contributed by atoms with Gasteiger partial charge >= 0.3 is 0 Å². The van der Waals surface area contributed by atoms with Gasteiger partial charge in [0.05, 0.1) is 0 Å². The maximum atomic E-state index is 7.01. The molecule has 1 heteroatoms. The second-order valence-electron chi connectivity index (χ2n) is 12.8. The zero-order chi connectivity index (χ0) is 32.3. The monoisotopic (exact) mass is 622 g/mol. The summed E-state index contributed by atoms with van der Waals surface area (Å²) in [4.78, 5) is 0. The van der Waals surface area contributed by atoms with Crippen molar-refractivity contribution in [3.8, 4) is 44.5 Å². The number of rotatable bonds is 4. The van der Waals surface area contributed by atoms with Crippen LogP contribution in [0.1, 0.15) is 0 Å². The topological polar surface area (TPSA) is 13.1 Å². The second kappa shape index (κ2) is 11.1. The summed E-state index contributed by atoms with van der Waals surface area (Å²) in [5.74, 6) is 0. The van der Waals surface area contributed by atoms with Crippen molar-refractivity contribution in [2.45, 2.75) is 0 Å². The molecule has 0 fully saturated rings. The van der Waals surface area contributed by atoms with Gasteiger partial charge in [-0.1, -0.05) is 164 Å². The van der Waals surface area contributed by atoms with Gasteiger partial charge in [-0.05, 0) is 83.9 Å². The summed E-state index contributed by atoms with van der Waals surface area (Å²) < 4.78 is 7.01. The van der Waals surface area contributed by atoms with Gasteiger partial charge in [0.25, 0.3) is 0 Å². The lowest BCUT2D eigenvalue weighted by Crippen LogP contribution is -1.91. The van der Waals surface area contributed by atoms with E-state index in [1.54, 1.807) is 0 Å². The van der Waals surface area contributed by atoms with E-state index in [1.807, 2.05) is 0 Å². The lowest BCUT2D eigenvalue weighted by molar-refractivity contribution is 0.670. The molecule has 0 spiro atoms. The fourth-order valence-electron chi connectivity index (χ4n) is 7.81. The van der Waals surface area contributed by atoms with Crippen molar-refractivity contribution in [3.63, 3.8) is 0 Å². The molecule has 0 bridgehead atoms. The third-order valence-corrected chi connectivity index (χ3v) is 10.1. The Morgan fingerprint density at radius 3 is 1.41 bits per heavy atom. The molecule has 10 rings (SSSR count). The summed E-state index contributed by atoms with van der Waals surface area (Å²) in [6.45, 7) is 0. The minimum absolute atomic E-state index is 0.901. The molecule has 0 aliphatic heterocycles. The predicted octanol–water partition coefficient (Wildman–Crippen LogP) is 13.7. The van der Waals surface area contributed by atoms with Gasteiger partial charge in [-0.15, -0.1) is 0 Å². The molecule has 1 heterocycles. The molecule has 228 valence electrons. The molecule has 10 aromatic rings. The first-order valence-electron chi connectivity index (χ1n) is 16.8. The van der Waals surface area contributed by atoms with E-state index in [-0.39, 0.29) is 0 Å². The Morgan fingerprint density at radius 2 is 0.776 bits per heavy atom. The fourth-order valence-corrected chi connectivity index (χ4v) is 7.81. The Bertz CT molecular complexity index is 2790. The summed E-state index contributed by atoms with van der Waals surface area (Å²) in [7, 11) is 0. The van der Waals surface area contributed by atoms with Crippen LogP contribution in [0.25, 0.3) is 98.8 Å². The zero-order valence-electron chi connectivity index (χ0n) is 26.7. The third kappa shape index (κ3) is 4.40. The summed E-state index contributed by atoms with van der Waals surface area (Å²) in [6, 6.07) is 65.6. The lowest BCUT2D eigenvalue weighted by Gasteiger charge is -2.18. The predicted molar refractivity (Wildman–Crippen MR) is 208 cm³/mol. The largest absolute Gasteiger partial charge is 0.455 e. The molecular formula is C48H30O. The maximum absolute atomic E-state index is 7.01. The number of hydrogen-bond donors (Lipinski definition) is 0. The van der Waals surface area contributed by atoms with Crippen LogP contribution >= 0.6 is 0 Å². The minimum Gasteiger partial charge on any atom is -0.455 e. The van der Waals surface area contributed by atoms with Gasteiger partial charge in [-0.3, -0.25) is 0 Å². The molecular weight excluding hydrogens is 593 g/mol. The molecule has 0 atom stereocenters. The van der Waals surface area contributed by atoms with Crippen molar-refractivity contribution in [3.05, 3.63) is 182 Å². The fraction of sp³-hybridized carbons (Fsp3) is 0. The van der Waals surface area contributed by atoms with Gasteiger partial charge in [0.2, 0.25) is 0 Å². The smallest absolute Gasteiger partial charge is 0.143 e. The molecule has 0 radical (unpaired) electrons. The van der Waals surface area contributed by atoms with E-state index in [1.165, 1.54) is 71.3 Å². The van der Waals surface area contributed by atoms with E-state index in [2.05, 4.69) is 182 Å². The quantitative estimate of drug-likeness (QED) is 0.178. The van der Waals surface area contributed by atoms with Gasteiger partial charge in [0, 0.05) is 21.9 Å². The van der Waals surface area contributed by atoms with E-state index >= 15 is 0 Å². The highest BCUT2D eigenvalue weighted by Crippen LogP contribution is 2.48. The van der Waals surface area contributed by atoms with Crippen LogP contribution in [0.3, 0.4) is 0 Å². The van der Waals surface area contributed by atoms with Crippen LogP contribution < -0.4 is 0 Å². The van der Waals surface area contributed by atoms with Crippen LogP contribution in [0.4, 0.5) is 0 Å². The first-order chi connectivity index (χ1) is 24.3. The number of furan rings is 1. The number of hydrogen-bond acceptors (Lipinski definition) is 1. The highest BCUT2D eigenvalue weighted by Gasteiger charge is 2.22. The Kier molecular flexibility index (Phi) is 6.25. The summed E-state index contributed by atoms with van der Waals surface area (Å²) in [6.07, 6.45) is 0. The lowest BCUT2D eigenvalue weighted by atomic mass is 9.85. The summed E-state index contributed by atoms with van der Waals surface area (Å²) in [5.41, 5.74) is 11.4. The van der Waals surface area contributed by atoms with Crippen molar-refractivity contribution in [1.29, 1.82) is 0 Å². The van der Waals surface area contributed by atoms with E-state index in [9.17, 15) is 0 Å². The Labute approximate surface area is 284 Å². The van der Waals surface area contributed by atoms with E-state index in [0.29, 0.717) is 0 Å². The van der Waals surface area contributed by atoms with E-state index < -0.39 is 0 Å². The van der Waals surface area contributed by atoms with Crippen LogP contribution in [-0.2, 0) is 0 Å². The van der Waals surface area contributed by atoms with Crippen LogP contribution in [-0.4, -0.2) is 0 Å². The molecule has 0 N–H and O–H groups in total. The number of fused-ring (bicyclic) bond motifs is 6. The SMILES string of the molecule is c1ccc(-c2ccc(-c3ccc(-c4c5ccccc5c(-c5ccccc5)c5ccccc45)c4oc5cc6ccccc6cc5c34)cc2)cc1. The highest BCUT2D eigenvalue weighted by molar-refractivity contribution is 6.26. The van der Waals surface area contributed by atoms with Crippen LogP contribution in [0.5, 0.6) is 0 Å². The summed E-state index contributed by atoms with van der Waals surface area (Å²) >= 11 is 0. The molecule has 1 nitrogen and oxygen atoms in total. The Morgan fingerprint density at radius 1 is 0.306 bits per heavy atom. The maximum Gasteiger partial charge on any atom is 0.143 e. The van der Waals surface area contributed by atoms with Crippen molar-refractivity contribution in [2.24, 2.45) is 0 Å². The third-order valence-electron chi connectivity index (χ3n) is 10.1. The average Bonchev–Trinajstić information content (AvgIpc) is 3.55. The standard InChI is InChI=1S/C48H30O/c1-3-13-31(14-4-1)32-23-25-33(26-24-32)37-27-28-42(48-47(37)43-29-35-17-7-8-18-36(35)30-44(43)49-48)46-40-21-11-9-19-38(40)45(34-15-5-2-6-16-34)39-20-10-12-22-41(39)46/h1-30H. The first-order valence-corrected chi connectivity index (χ1v) is 16.8. The number of benzene rings is 9. The second-order valence-corrected chi connectivity index (χ2v) is 12.8. The van der Waals surface area contributed by atoms with Gasteiger partial charge in [0.1, 0.15) is 11.2 Å².